The standard InChI is InChI=1S/C14H20N2O3S/c1-20-10-2-8-15-14(19)16-9-7-11-3-5-12(6-4-11)13(17)18/h3-6H,2,7-10H2,1H3,(H,17,18)(H2,15,16,19). The van der Waals surface area contributed by atoms with Crippen LogP contribution in [0, 0.1) is 0 Å². The molecule has 1 rings (SSSR count). The van der Waals surface area contributed by atoms with Gasteiger partial charge in [0.05, 0.1) is 5.56 Å². The van der Waals surface area contributed by atoms with E-state index in [1.807, 2.05) is 6.26 Å². The summed E-state index contributed by atoms with van der Waals surface area (Å²) in [6.07, 6.45) is 3.68. The first-order chi connectivity index (χ1) is 9.63. The number of aromatic carboxylic acids is 1. The molecular formula is C14H20N2O3S. The van der Waals surface area contributed by atoms with Crippen LogP contribution in [0.4, 0.5) is 4.79 Å². The molecule has 2 amide bonds. The number of carbonyl (C=O) groups is 2. The highest BCUT2D eigenvalue weighted by atomic mass is 32.2. The minimum absolute atomic E-state index is 0.159. The van der Waals surface area contributed by atoms with Gasteiger partial charge in [-0.05, 0) is 42.5 Å². The van der Waals surface area contributed by atoms with Crippen LogP contribution in [0.25, 0.3) is 0 Å². The maximum Gasteiger partial charge on any atom is 0.335 e. The van der Waals surface area contributed by atoms with E-state index in [0.29, 0.717) is 19.5 Å². The molecule has 0 saturated heterocycles. The number of carboxylic acids is 1. The van der Waals surface area contributed by atoms with E-state index in [9.17, 15) is 9.59 Å². The molecule has 6 heteroatoms. The van der Waals surface area contributed by atoms with Crippen LogP contribution in [0.1, 0.15) is 22.3 Å². The summed E-state index contributed by atoms with van der Waals surface area (Å²) in [4.78, 5) is 22.1. The number of hydrogen-bond donors (Lipinski definition) is 3. The molecule has 3 N–H and O–H groups in total. The Bertz CT molecular complexity index is 435. The normalized spacial score (nSPS) is 10.1. The van der Waals surface area contributed by atoms with Crippen molar-refractivity contribution in [1.29, 1.82) is 0 Å². The molecule has 0 atom stereocenters. The molecule has 0 aliphatic rings. The van der Waals surface area contributed by atoms with Gasteiger partial charge in [0.2, 0.25) is 0 Å². The van der Waals surface area contributed by atoms with Crippen molar-refractivity contribution in [3.8, 4) is 0 Å². The van der Waals surface area contributed by atoms with Crippen molar-refractivity contribution in [2.75, 3.05) is 25.1 Å². The van der Waals surface area contributed by atoms with Crippen molar-refractivity contribution in [3.05, 3.63) is 35.4 Å². The van der Waals surface area contributed by atoms with E-state index in [1.165, 1.54) is 0 Å². The van der Waals surface area contributed by atoms with Crippen LogP contribution in [0.15, 0.2) is 24.3 Å². The van der Waals surface area contributed by atoms with Gasteiger partial charge >= 0.3 is 12.0 Å². The fraction of sp³-hybridized carbons (Fsp3) is 0.429. The van der Waals surface area contributed by atoms with Gasteiger partial charge in [-0.2, -0.15) is 11.8 Å². The number of carbonyl (C=O) groups excluding carboxylic acids is 1. The number of amides is 2. The first kappa shape index (κ1) is 16.4. The SMILES string of the molecule is CSCCCNC(=O)NCCc1ccc(C(=O)O)cc1. The monoisotopic (exact) mass is 296 g/mol. The van der Waals surface area contributed by atoms with E-state index < -0.39 is 5.97 Å². The average Bonchev–Trinajstić information content (AvgIpc) is 2.44. The van der Waals surface area contributed by atoms with Gasteiger partial charge in [-0.3, -0.25) is 0 Å². The molecule has 20 heavy (non-hydrogen) atoms. The highest BCUT2D eigenvalue weighted by Crippen LogP contribution is 2.04. The summed E-state index contributed by atoms with van der Waals surface area (Å²) < 4.78 is 0. The molecule has 0 fully saturated rings. The van der Waals surface area contributed by atoms with Gasteiger partial charge in [-0.1, -0.05) is 12.1 Å². The second kappa shape index (κ2) is 9.25. The van der Waals surface area contributed by atoms with Crippen LogP contribution in [-0.2, 0) is 6.42 Å². The molecule has 0 aliphatic heterocycles. The molecular weight excluding hydrogens is 276 g/mol. The van der Waals surface area contributed by atoms with Crippen LogP contribution >= 0.6 is 11.8 Å². The molecule has 1 aromatic carbocycles. The summed E-state index contributed by atoms with van der Waals surface area (Å²) in [5.41, 5.74) is 1.27. The highest BCUT2D eigenvalue weighted by molar-refractivity contribution is 7.98. The maximum atomic E-state index is 11.4. The van der Waals surface area contributed by atoms with Crippen molar-refractivity contribution >= 4 is 23.8 Å². The quantitative estimate of drug-likeness (QED) is 0.641. The van der Waals surface area contributed by atoms with Crippen molar-refractivity contribution < 1.29 is 14.7 Å². The van der Waals surface area contributed by atoms with Gasteiger partial charge in [0.25, 0.3) is 0 Å². The second-order valence-electron chi connectivity index (χ2n) is 4.28. The van der Waals surface area contributed by atoms with Gasteiger partial charge in [0.15, 0.2) is 0 Å². The third-order valence-corrected chi connectivity index (χ3v) is 3.41. The van der Waals surface area contributed by atoms with E-state index in [4.69, 9.17) is 5.11 Å². The fourth-order valence-corrected chi connectivity index (χ4v) is 2.05. The molecule has 1 aromatic rings. The Kier molecular flexibility index (Phi) is 7.57. The number of rotatable bonds is 8. The summed E-state index contributed by atoms with van der Waals surface area (Å²) in [5, 5.41) is 14.3. The van der Waals surface area contributed by atoms with Crippen LogP contribution in [0.2, 0.25) is 0 Å². The number of carboxylic acid groups (broad SMARTS) is 1. The van der Waals surface area contributed by atoms with E-state index in [-0.39, 0.29) is 11.6 Å². The zero-order chi connectivity index (χ0) is 14.8. The topological polar surface area (TPSA) is 78.4 Å². The molecule has 0 heterocycles. The third kappa shape index (κ3) is 6.47. The Morgan fingerprint density at radius 2 is 1.80 bits per heavy atom. The summed E-state index contributed by atoms with van der Waals surface area (Å²) in [7, 11) is 0. The number of benzene rings is 1. The Morgan fingerprint density at radius 1 is 1.15 bits per heavy atom. The van der Waals surface area contributed by atoms with Gasteiger partial charge in [0, 0.05) is 13.1 Å². The molecule has 5 nitrogen and oxygen atoms in total. The Balaban J connectivity index is 2.20. The second-order valence-corrected chi connectivity index (χ2v) is 5.27. The van der Waals surface area contributed by atoms with E-state index in [0.717, 1.165) is 17.7 Å². The Morgan fingerprint density at radius 3 is 2.40 bits per heavy atom. The van der Waals surface area contributed by atoms with Gasteiger partial charge in [-0.15, -0.1) is 0 Å². The van der Waals surface area contributed by atoms with E-state index in [1.54, 1.807) is 36.0 Å². The predicted octanol–water partition coefficient (Wildman–Crippen LogP) is 1.98. The lowest BCUT2D eigenvalue weighted by atomic mass is 10.1. The van der Waals surface area contributed by atoms with Crippen molar-refractivity contribution in [2.24, 2.45) is 0 Å². The molecule has 110 valence electrons. The summed E-state index contributed by atoms with van der Waals surface area (Å²) in [6, 6.07) is 6.51. The number of nitrogens with one attached hydrogen (secondary N) is 2. The molecule has 0 aliphatic carbocycles. The molecule has 0 radical (unpaired) electrons. The Hall–Kier alpha value is -1.69. The predicted molar refractivity (Wildman–Crippen MR) is 81.5 cm³/mol. The lowest BCUT2D eigenvalue weighted by Gasteiger charge is -2.07. The van der Waals surface area contributed by atoms with Gasteiger partial charge in [0.1, 0.15) is 0 Å². The Labute approximate surface area is 123 Å². The van der Waals surface area contributed by atoms with Crippen molar-refractivity contribution in [1.82, 2.24) is 10.6 Å². The fourth-order valence-electron chi connectivity index (χ4n) is 1.62. The number of hydrogen-bond acceptors (Lipinski definition) is 3. The first-order valence-corrected chi connectivity index (χ1v) is 7.85. The molecule has 0 saturated carbocycles. The summed E-state index contributed by atoms with van der Waals surface area (Å²) in [5.74, 6) is 0.107. The zero-order valence-electron chi connectivity index (χ0n) is 11.5. The van der Waals surface area contributed by atoms with Crippen molar-refractivity contribution in [2.45, 2.75) is 12.8 Å². The molecule has 0 spiro atoms. The number of urea groups is 1. The van der Waals surface area contributed by atoms with Crippen LogP contribution in [0.5, 0.6) is 0 Å². The summed E-state index contributed by atoms with van der Waals surface area (Å²) >= 11 is 1.76. The van der Waals surface area contributed by atoms with E-state index in [2.05, 4.69) is 10.6 Å². The van der Waals surface area contributed by atoms with Crippen LogP contribution in [0.3, 0.4) is 0 Å². The van der Waals surface area contributed by atoms with Gasteiger partial charge < -0.3 is 15.7 Å². The average molecular weight is 296 g/mol. The maximum absolute atomic E-state index is 11.4. The zero-order valence-corrected chi connectivity index (χ0v) is 12.3. The van der Waals surface area contributed by atoms with Crippen molar-refractivity contribution in [3.63, 3.8) is 0 Å². The molecule has 0 unspecified atom stereocenters. The van der Waals surface area contributed by atoms with Crippen LogP contribution in [-0.4, -0.2) is 42.2 Å². The largest absolute Gasteiger partial charge is 0.478 e. The number of thioether (sulfide) groups is 1. The minimum Gasteiger partial charge on any atom is -0.478 e. The lowest BCUT2D eigenvalue weighted by molar-refractivity contribution is 0.0697. The highest BCUT2D eigenvalue weighted by Gasteiger charge is 2.02. The van der Waals surface area contributed by atoms with E-state index >= 15 is 0 Å². The van der Waals surface area contributed by atoms with Gasteiger partial charge in [-0.25, -0.2) is 9.59 Å². The molecule has 0 aromatic heterocycles. The first-order valence-electron chi connectivity index (χ1n) is 6.46. The van der Waals surface area contributed by atoms with Crippen LogP contribution < -0.4 is 10.6 Å². The third-order valence-electron chi connectivity index (χ3n) is 2.71. The molecule has 0 bridgehead atoms. The smallest absolute Gasteiger partial charge is 0.335 e. The lowest BCUT2D eigenvalue weighted by Crippen LogP contribution is -2.37. The summed E-state index contributed by atoms with van der Waals surface area (Å²) in [6.45, 7) is 1.21. The minimum atomic E-state index is -0.931.